The summed E-state index contributed by atoms with van der Waals surface area (Å²) in [5.41, 5.74) is 3.55. The lowest BCUT2D eigenvalue weighted by molar-refractivity contribution is 0.0977. The molecule has 35 heavy (non-hydrogen) atoms. The largest absolute Gasteiger partial charge is 0.489 e. The normalized spacial score (nSPS) is 15.0. The number of nitriles is 1. The van der Waals surface area contributed by atoms with E-state index in [-0.39, 0.29) is 16.4 Å². The minimum Gasteiger partial charge on any atom is -0.489 e. The van der Waals surface area contributed by atoms with Crippen molar-refractivity contribution < 1.29 is 9.53 Å². The Labute approximate surface area is 216 Å². The molecule has 1 aliphatic rings. The minimum atomic E-state index is -0.315. The van der Waals surface area contributed by atoms with Crippen LogP contribution in [0.4, 0.5) is 5.00 Å². The maximum Gasteiger partial charge on any atom is 0.257 e. The molecule has 0 radical (unpaired) electrons. The number of thiocarbonyl (C=S) groups is 1. The van der Waals surface area contributed by atoms with Crippen molar-refractivity contribution in [1.82, 2.24) is 5.32 Å². The van der Waals surface area contributed by atoms with Gasteiger partial charge in [-0.15, -0.1) is 11.3 Å². The van der Waals surface area contributed by atoms with Crippen LogP contribution in [-0.4, -0.2) is 11.0 Å². The van der Waals surface area contributed by atoms with E-state index < -0.39 is 0 Å². The third kappa shape index (κ3) is 6.08. The Balaban J connectivity index is 1.36. The first kappa shape index (κ1) is 24.9. The van der Waals surface area contributed by atoms with Gasteiger partial charge < -0.3 is 10.1 Å². The average Bonchev–Trinajstić information content (AvgIpc) is 3.19. The number of carbonyl (C=O) groups is 1. The van der Waals surface area contributed by atoms with Crippen molar-refractivity contribution in [2.24, 2.45) is 11.3 Å². The molecule has 3 aromatic rings. The fourth-order valence-corrected chi connectivity index (χ4v) is 5.83. The van der Waals surface area contributed by atoms with Gasteiger partial charge >= 0.3 is 0 Å². The van der Waals surface area contributed by atoms with Gasteiger partial charge in [-0.25, -0.2) is 0 Å². The fraction of sp³-hybridized carbons (Fsp3) is 0.321. The van der Waals surface area contributed by atoms with E-state index in [1.165, 1.54) is 4.88 Å². The highest BCUT2D eigenvalue weighted by atomic mass is 32.1. The predicted octanol–water partition coefficient (Wildman–Crippen LogP) is 6.48. The quantitative estimate of drug-likeness (QED) is 0.390. The Hall–Kier alpha value is -3.21. The summed E-state index contributed by atoms with van der Waals surface area (Å²) in [6, 6.07) is 19.2. The molecule has 7 heteroatoms. The zero-order valence-electron chi connectivity index (χ0n) is 20.2. The summed E-state index contributed by atoms with van der Waals surface area (Å²) in [5, 5.41) is 16.5. The van der Waals surface area contributed by atoms with Gasteiger partial charge in [0.15, 0.2) is 5.11 Å². The zero-order chi connectivity index (χ0) is 25.0. The number of benzene rings is 2. The molecule has 0 bridgehead atoms. The molecule has 0 unspecified atom stereocenters. The number of ether oxygens (including phenoxy) is 1. The molecule has 1 aliphatic carbocycles. The first-order valence-electron chi connectivity index (χ1n) is 11.7. The second kappa shape index (κ2) is 10.6. The van der Waals surface area contributed by atoms with Crippen molar-refractivity contribution in [3.8, 4) is 11.8 Å². The van der Waals surface area contributed by atoms with Crippen LogP contribution in [0.5, 0.6) is 5.75 Å². The summed E-state index contributed by atoms with van der Waals surface area (Å²) < 4.78 is 5.78. The second-order valence-corrected chi connectivity index (χ2v) is 11.3. The molecular formula is C28H29N3O2S2. The van der Waals surface area contributed by atoms with Crippen LogP contribution in [0.25, 0.3) is 0 Å². The number of hydrogen-bond donors (Lipinski definition) is 2. The van der Waals surface area contributed by atoms with E-state index >= 15 is 0 Å². The highest BCUT2D eigenvalue weighted by molar-refractivity contribution is 7.80. The van der Waals surface area contributed by atoms with Crippen molar-refractivity contribution in [1.29, 1.82) is 5.26 Å². The van der Waals surface area contributed by atoms with Crippen LogP contribution in [0, 0.1) is 22.7 Å². The SMILES string of the molecule is CC(C)(C)[C@H]1CCc2c(sc(NC(=S)NC(=O)c3ccc(OCc4ccccc4)cc3)c2C#N)C1. The number of amides is 1. The second-order valence-electron chi connectivity index (χ2n) is 9.83. The fourth-order valence-electron chi connectivity index (χ4n) is 4.28. The van der Waals surface area contributed by atoms with Crippen LogP contribution in [0.3, 0.4) is 0 Å². The Morgan fingerprint density at radius 2 is 1.89 bits per heavy atom. The van der Waals surface area contributed by atoms with E-state index in [9.17, 15) is 10.1 Å². The zero-order valence-corrected chi connectivity index (χ0v) is 21.8. The van der Waals surface area contributed by atoms with Gasteiger partial charge in [0.25, 0.3) is 5.91 Å². The van der Waals surface area contributed by atoms with Crippen LogP contribution in [0.15, 0.2) is 54.6 Å². The summed E-state index contributed by atoms with van der Waals surface area (Å²) in [4.78, 5) is 13.9. The van der Waals surface area contributed by atoms with E-state index in [4.69, 9.17) is 17.0 Å². The first-order valence-corrected chi connectivity index (χ1v) is 12.9. The number of carbonyl (C=O) groups excluding carboxylic acids is 1. The van der Waals surface area contributed by atoms with Gasteiger partial charge in [-0.1, -0.05) is 51.1 Å². The lowest BCUT2D eigenvalue weighted by atomic mass is 9.72. The van der Waals surface area contributed by atoms with Crippen LogP contribution >= 0.6 is 23.6 Å². The van der Waals surface area contributed by atoms with Crippen LogP contribution in [0.2, 0.25) is 0 Å². The molecule has 1 atom stereocenters. The maximum absolute atomic E-state index is 12.7. The molecule has 5 nitrogen and oxygen atoms in total. The smallest absolute Gasteiger partial charge is 0.257 e. The average molecular weight is 504 g/mol. The highest BCUT2D eigenvalue weighted by Crippen LogP contribution is 2.43. The standard InChI is InChI=1S/C28H29N3O2S2/c1-28(2,3)20-11-14-22-23(16-29)26(35-24(22)15-20)31-27(34)30-25(32)19-9-12-21(13-10-19)33-17-18-7-5-4-6-8-18/h4-10,12-13,20H,11,14-15,17H2,1-3H3,(H2,30,31,32,34)/t20-/m0/s1. The van der Waals surface area contributed by atoms with Crippen LogP contribution in [-0.2, 0) is 19.4 Å². The van der Waals surface area contributed by atoms with E-state index in [1.54, 1.807) is 35.6 Å². The van der Waals surface area contributed by atoms with Gasteiger partial charge in [0.1, 0.15) is 23.4 Å². The molecule has 1 amide bonds. The van der Waals surface area contributed by atoms with Gasteiger partial charge in [-0.2, -0.15) is 5.26 Å². The molecule has 1 heterocycles. The van der Waals surface area contributed by atoms with Gasteiger partial charge in [0.05, 0.1) is 5.56 Å². The molecule has 0 fully saturated rings. The number of nitrogens with one attached hydrogen (secondary N) is 2. The number of nitrogens with zero attached hydrogens (tertiary/aromatic N) is 1. The van der Waals surface area contributed by atoms with E-state index in [0.717, 1.165) is 30.4 Å². The lowest BCUT2D eigenvalue weighted by Gasteiger charge is -2.33. The van der Waals surface area contributed by atoms with Crippen molar-refractivity contribution in [2.75, 3.05) is 5.32 Å². The van der Waals surface area contributed by atoms with Gasteiger partial charge in [-0.3, -0.25) is 10.1 Å². The van der Waals surface area contributed by atoms with Crippen molar-refractivity contribution >= 4 is 39.6 Å². The number of anilines is 1. The molecular weight excluding hydrogens is 474 g/mol. The summed E-state index contributed by atoms with van der Waals surface area (Å²) in [6.45, 7) is 7.27. The third-order valence-electron chi connectivity index (χ3n) is 6.42. The molecule has 2 aromatic carbocycles. The van der Waals surface area contributed by atoms with Crippen molar-refractivity contribution in [2.45, 2.75) is 46.6 Å². The minimum absolute atomic E-state index is 0.182. The molecule has 180 valence electrons. The summed E-state index contributed by atoms with van der Waals surface area (Å²) >= 11 is 6.97. The maximum atomic E-state index is 12.7. The number of thiophene rings is 1. The Morgan fingerprint density at radius 1 is 1.17 bits per heavy atom. The van der Waals surface area contributed by atoms with Crippen LogP contribution < -0.4 is 15.4 Å². The molecule has 0 saturated heterocycles. The number of rotatable bonds is 5. The van der Waals surface area contributed by atoms with Gasteiger partial charge in [-0.05, 0) is 78.2 Å². The Bertz CT molecular complexity index is 1250. The van der Waals surface area contributed by atoms with Crippen molar-refractivity contribution in [3.63, 3.8) is 0 Å². The van der Waals surface area contributed by atoms with Crippen LogP contribution in [0.1, 0.15) is 59.1 Å². The Kier molecular flexibility index (Phi) is 7.54. The molecule has 0 spiro atoms. The number of fused-ring (bicyclic) bond motifs is 1. The topological polar surface area (TPSA) is 74.2 Å². The molecule has 4 rings (SSSR count). The summed E-state index contributed by atoms with van der Waals surface area (Å²) in [7, 11) is 0. The summed E-state index contributed by atoms with van der Waals surface area (Å²) in [6.07, 6.45) is 2.95. The monoisotopic (exact) mass is 503 g/mol. The molecule has 0 aliphatic heterocycles. The molecule has 1 aromatic heterocycles. The predicted molar refractivity (Wildman–Crippen MR) is 145 cm³/mol. The van der Waals surface area contributed by atoms with E-state index in [0.29, 0.717) is 34.4 Å². The lowest BCUT2D eigenvalue weighted by Crippen LogP contribution is -2.34. The first-order chi connectivity index (χ1) is 16.7. The van der Waals surface area contributed by atoms with Crippen molar-refractivity contribution in [3.05, 3.63) is 81.7 Å². The summed E-state index contributed by atoms with van der Waals surface area (Å²) in [5.74, 6) is 0.951. The third-order valence-corrected chi connectivity index (χ3v) is 7.79. The van der Waals surface area contributed by atoms with Gasteiger partial charge in [0, 0.05) is 10.4 Å². The highest BCUT2D eigenvalue weighted by Gasteiger charge is 2.32. The van der Waals surface area contributed by atoms with Gasteiger partial charge in [0.2, 0.25) is 0 Å². The molecule has 2 N–H and O–H groups in total. The Morgan fingerprint density at radius 3 is 2.54 bits per heavy atom. The van der Waals surface area contributed by atoms with E-state index in [2.05, 4.69) is 37.5 Å². The molecule has 0 saturated carbocycles. The van der Waals surface area contributed by atoms with E-state index in [1.807, 2.05) is 30.3 Å². The number of hydrogen-bond acceptors (Lipinski definition) is 5.